The van der Waals surface area contributed by atoms with Crippen LogP contribution in [0, 0.1) is 0 Å². The highest BCUT2D eigenvalue weighted by Gasteiger charge is 2.40. The summed E-state index contributed by atoms with van der Waals surface area (Å²) >= 11 is 0. The van der Waals surface area contributed by atoms with E-state index >= 15 is 0 Å². The monoisotopic (exact) mass is 262 g/mol. The summed E-state index contributed by atoms with van der Waals surface area (Å²) in [4.78, 5) is 4.36. The van der Waals surface area contributed by atoms with Gasteiger partial charge in [-0.1, -0.05) is 6.07 Å². The van der Waals surface area contributed by atoms with E-state index in [1.807, 2.05) is 12.3 Å². The molecule has 0 saturated carbocycles. The molecule has 5 heteroatoms. The molecule has 0 amide bonds. The van der Waals surface area contributed by atoms with Crippen LogP contribution < -0.4 is 5.32 Å². The van der Waals surface area contributed by atoms with E-state index in [4.69, 9.17) is 4.74 Å². The van der Waals surface area contributed by atoms with E-state index in [-0.39, 0.29) is 24.8 Å². The standard InChI is InChI=1S/C11H14N2O.2ClH/c1-2-9-10(12-5-1)13-8-11(9)3-6-14-7-4-11;;/h1-2,5H,3-4,6-8H2,(H,12,13);2*1H. The molecule has 1 N–H and O–H groups in total. The van der Waals surface area contributed by atoms with Crippen LogP contribution in [0.1, 0.15) is 18.4 Å². The first-order valence-electron chi connectivity index (χ1n) is 5.18. The summed E-state index contributed by atoms with van der Waals surface area (Å²) in [7, 11) is 0. The smallest absolute Gasteiger partial charge is 0.129 e. The summed E-state index contributed by atoms with van der Waals surface area (Å²) in [5, 5.41) is 3.39. The van der Waals surface area contributed by atoms with Gasteiger partial charge in [-0.2, -0.15) is 0 Å². The Morgan fingerprint density at radius 3 is 2.75 bits per heavy atom. The number of pyridine rings is 1. The fourth-order valence-corrected chi connectivity index (χ4v) is 2.53. The normalized spacial score (nSPS) is 20.2. The Kier molecular flexibility index (Phi) is 4.42. The Hall–Kier alpha value is -0.510. The van der Waals surface area contributed by atoms with Crippen LogP contribution in [0.5, 0.6) is 0 Å². The van der Waals surface area contributed by atoms with Crippen LogP contribution in [0.15, 0.2) is 18.3 Å². The highest BCUT2D eigenvalue weighted by Crippen LogP contribution is 2.42. The first-order valence-corrected chi connectivity index (χ1v) is 5.18. The Morgan fingerprint density at radius 1 is 1.25 bits per heavy atom. The molecule has 0 aliphatic carbocycles. The average molecular weight is 263 g/mol. The average Bonchev–Trinajstić information content (AvgIpc) is 2.60. The van der Waals surface area contributed by atoms with Gasteiger partial charge in [-0.15, -0.1) is 24.8 Å². The number of hydrogen-bond acceptors (Lipinski definition) is 3. The minimum absolute atomic E-state index is 0. The van der Waals surface area contributed by atoms with Crippen molar-refractivity contribution in [2.24, 2.45) is 0 Å². The minimum atomic E-state index is 0. The molecule has 2 aliphatic rings. The van der Waals surface area contributed by atoms with Crippen molar-refractivity contribution in [3.63, 3.8) is 0 Å². The Balaban J connectivity index is 0.000000640. The van der Waals surface area contributed by atoms with Crippen molar-refractivity contribution in [2.45, 2.75) is 18.3 Å². The molecule has 0 atom stereocenters. The van der Waals surface area contributed by atoms with Crippen LogP contribution in [0.2, 0.25) is 0 Å². The SMILES string of the molecule is Cl.Cl.c1cnc2c(c1)C1(CCOCC1)CN2. The van der Waals surface area contributed by atoms with Crippen LogP contribution in [0.3, 0.4) is 0 Å². The van der Waals surface area contributed by atoms with Gasteiger partial charge in [0.2, 0.25) is 0 Å². The molecular weight excluding hydrogens is 247 g/mol. The van der Waals surface area contributed by atoms with Crippen LogP contribution in [-0.4, -0.2) is 24.7 Å². The Bertz CT molecular complexity index is 348. The second-order valence-electron chi connectivity index (χ2n) is 4.15. The lowest BCUT2D eigenvalue weighted by atomic mass is 9.76. The van der Waals surface area contributed by atoms with Crippen molar-refractivity contribution in [2.75, 3.05) is 25.1 Å². The van der Waals surface area contributed by atoms with Crippen molar-refractivity contribution in [1.29, 1.82) is 0 Å². The van der Waals surface area contributed by atoms with Gasteiger partial charge < -0.3 is 10.1 Å². The lowest BCUT2D eigenvalue weighted by Crippen LogP contribution is -2.35. The summed E-state index contributed by atoms with van der Waals surface area (Å²) < 4.78 is 5.42. The number of aromatic nitrogens is 1. The van der Waals surface area contributed by atoms with Gasteiger partial charge in [0, 0.05) is 36.9 Å². The summed E-state index contributed by atoms with van der Waals surface area (Å²) in [5.74, 6) is 1.08. The zero-order valence-electron chi connectivity index (χ0n) is 8.94. The van der Waals surface area contributed by atoms with Gasteiger partial charge in [0.05, 0.1) is 0 Å². The van der Waals surface area contributed by atoms with Crippen molar-refractivity contribution in [1.82, 2.24) is 4.98 Å². The fourth-order valence-electron chi connectivity index (χ4n) is 2.53. The van der Waals surface area contributed by atoms with Gasteiger partial charge in [0.1, 0.15) is 5.82 Å². The third-order valence-corrected chi connectivity index (χ3v) is 3.42. The van der Waals surface area contributed by atoms with Crippen molar-refractivity contribution >= 4 is 30.6 Å². The van der Waals surface area contributed by atoms with E-state index in [1.54, 1.807) is 0 Å². The molecule has 0 unspecified atom stereocenters. The molecule has 1 spiro atoms. The summed E-state index contributed by atoms with van der Waals surface area (Å²) in [6.07, 6.45) is 4.10. The maximum absolute atomic E-state index is 5.42. The molecular formula is C11H16Cl2N2O. The molecule has 3 heterocycles. The highest BCUT2D eigenvalue weighted by molar-refractivity contribution is 5.85. The number of rotatable bonds is 0. The molecule has 16 heavy (non-hydrogen) atoms. The van der Waals surface area contributed by atoms with Gasteiger partial charge in [0.15, 0.2) is 0 Å². The van der Waals surface area contributed by atoms with E-state index in [1.165, 1.54) is 5.56 Å². The van der Waals surface area contributed by atoms with Gasteiger partial charge in [-0.05, 0) is 18.9 Å². The minimum Gasteiger partial charge on any atom is -0.381 e. The molecule has 3 rings (SSSR count). The van der Waals surface area contributed by atoms with Gasteiger partial charge in [-0.3, -0.25) is 0 Å². The first kappa shape index (κ1) is 13.6. The molecule has 3 nitrogen and oxygen atoms in total. The van der Waals surface area contributed by atoms with Crippen molar-refractivity contribution in [3.05, 3.63) is 23.9 Å². The van der Waals surface area contributed by atoms with Gasteiger partial charge in [0.25, 0.3) is 0 Å². The van der Waals surface area contributed by atoms with Gasteiger partial charge >= 0.3 is 0 Å². The van der Waals surface area contributed by atoms with E-state index in [0.717, 1.165) is 38.4 Å². The number of fused-ring (bicyclic) bond motifs is 2. The predicted octanol–water partition coefficient (Wildman–Crippen LogP) is 2.40. The zero-order valence-corrected chi connectivity index (χ0v) is 10.6. The van der Waals surface area contributed by atoms with Crippen molar-refractivity contribution in [3.8, 4) is 0 Å². The zero-order chi connectivity index (χ0) is 9.43. The summed E-state index contributed by atoms with van der Waals surface area (Å²) in [5.41, 5.74) is 1.70. The largest absolute Gasteiger partial charge is 0.381 e. The second kappa shape index (κ2) is 5.21. The maximum Gasteiger partial charge on any atom is 0.129 e. The highest BCUT2D eigenvalue weighted by atomic mass is 35.5. The topological polar surface area (TPSA) is 34.1 Å². The second-order valence-corrected chi connectivity index (χ2v) is 4.15. The Labute approximate surface area is 108 Å². The van der Waals surface area contributed by atoms with E-state index in [0.29, 0.717) is 5.41 Å². The van der Waals surface area contributed by atoms with E-state index < -0.39 is 0 Å². The number of hydrogen-bond donors (Lipinski definition) is 1. The lowest BCUT2D eigenvalue weighted by Gasteiger charge is -2.32. The quantitative estimate of drug-likeness (QED) is 0.780. The third-order valence-electron chi connectivity index (χ3n) is 3.42. The molecule has 0 radical (unpaired) electrons. The molecule has 0 aromatic carbocycles. The van der Waals surface area contributed by atoms with Crippen LogP contribution in [0.25, 0.3) is 0 Å². The number of ether oxygens (including phenoxy) is 1. The molecule has 2 aliphatic heterocycles. The molecule has 90 valence electrons. The molecule has 1 fully saturated rings. The number of halogens is 2. The maximum atomic E-state index is 5.42. The van der Waals surface area contributed by atoms with Crippen LogP contribution in [0.4, 0.5) is 5.82 Å². The number of nitrogens with zero attached hydrogens (tertiary/aromatic N) is 1. The molecule has 0 bridgehead atoms. The number of anilines is 1. The van der Waals surface area contributed by atoms with Crippen LogP contribution >= 0.6 is 24.8 Å². The molecule has 1 aromatic heterocycles. The number of nitrogens with one attached hydrogen (secondary N) is 1. The van der Waals surface area contributed by atoms with E-state index in [2.05, 4.69) is 16.4 Å². The lowest BCUT2D eigenvalue weighted by molar-refractivity contribution is 0.0567. The van der Waals surface area contributed by atoms with E-state index in [9.17, 15) is 0 Å². The Morgan fingerprint density at radius 2 is 2.00 bits per heavy atom. The summed E-state index contributed by atoms with van der Waals surface area (Å²) in [6, 6.07) is 4.23. The van der Waals surface area contributed by atoms with Gasteiger partial charge in [-0.25, -0.2) is 4.98 Å². The third kappa shape index (κ3) is 1.99. The fraction of sp³-hybridized carbons (Fsp3) is 0.545. The summed E-state index contributed by atoms with van der Waals surface area (Å²) in [6.45, 7) is 2.80. The molecule has 1 aromatic rings. The first-order chi connectivity index (χ1) is 6.91. The predicted molar refractivity (Wildman–Crippen MR) is 69.0 cm³/mol. The van der Waals surface area contributed by atoms with Crippen LogP contribution in [-0.2, 0) is 10.2 Å². The van der Waals surface area contributed by atoms with Crippen molar-refractivity contribution < 1.29 is 4.74 Å². The molecule has 1 saturated heterocycles.